The molecule has 0 aromatic carbocycles. The molecule has 0 aliphatic carbocycles. The van der Waals surface area contributed by atoms with Gasteiger partial charge in [-0.15, -0.1) is 22.9 Å². The molecule has 1 aromatic heterocycles. The average Bonchev–Trinajstić information content (AvgIpc) is 2.68. The highest BCUT2D eigenvalue weighted by atomic mass is 35.5. The van der Waals surface area contributed by atoms with Crippen molar-refractivity contribution >= 4 is 39.9 Å². The Morgan fingerprint density at radius 1 is 1.50 bits per heavy atom. The third kappa shape index (κ3) is 4.19. The number of alkyl halides is 1. The summed E-state index contributed by atoms with van der Waals surface area (Å²) in [5, 5.41) is 5.81. The highest BCUT2D eigenvalue weighted by molar-refractivity contribution is 7.18. The lowest BCUT2D eigenvalue weighted by molar-refractivity contribution is 0.0531. The van der Waals surface area contributed by atoms with Crippen LogP contribution >= 0.6 is 22.9 Å². The van der Waals surface area contributed by atoms with Gasteiger partial charge in [0.05, 0.1) is 11.6 Å². The van der Waals surface area contributed by atoms with Crippen molar-refractivity contribution in [3.05, 3.63) is 16.5 Å². The lowest BCUT2D eigenvalue weighted by atomic mass is 10.3. The van der Waals surface area contributed by atoms with Crippen molar-refractivity contribution in [2.75, 3.05) is 24.3 Å². The molecule has 0 aliphatic rings. The number of hydrogen-bond donors (Lipinski definition) is 2. The fourth-order valence-corrected chi connectivity index (χ4v) is 2.32. The molecular formula is C11H15ClN2O3S. The lowest BCUT2D eigenvalue weighted by Crippen LogP contribution is -2.29. The van der Waals surface area contributed by atoms with Crippen molar-refractivity contribution in [1.29, 1.82) is 0 Å². The van der Waals surface area contributed by atoms with Crippen molar-refractivity contribution in [2.45, 2.75) is 13.8 Å². The van der Waals surface area contributed by atoms with Gasteiger partial charge in [0.15, 0.2) is 0 Å². The van der Waals surface area contributed by atoms with E-state index in [1.54, 1.807) is 19.9 Å². The van der Waals surface area contributed by atoms with Gasteiger partial charge in [0, 0.05) is 12.4 Å². The highest BCUT2D eigenvalue weighted by Crippen LogP contribution is 2.27. The summed E-state index contributed by atoms with van der Waals surface area (Å²) in [5.41, 5.74) is 0.783. The van der Waals surface area contributed by atoms with Gasteiger partial charge >= 0.3 is 12.0 Å². The minimum atomic E-state index is -0.366. The SMILES string of the molecule is CCOC(=O)c1sc(NC(=O)NCCCl)cc1C. The van der Waals surface area contributed by atoms with E-state index in [1.807, 2.05) is 0 Å². The molecule has 2 amide bonds. The zero-order valence-corrected chi connectivity index (χ0v) is 11.8. The second-order valence-corrected chi connectivity index (χ2v) is 4.84. The molecule has 0 saturated carbocycles. The van der Waals surface area contributed by atoms with Crippen molar-refractivity contribution in [1.82, 2.24) is 5.32 Å². The fourth-order valence-electron chi connectivity index (χ4n) is 1.26. The van der Waals surface area contributed by atoms with Gasteiger partial charge in [0.1, 0.15) is 4.88 Å². The number of nitrogens with one attached hydrogen (secondary N) is 2. The van der Waals surface area contributed by atoms with Crippen molar-refractivity contribution in [3.63, 3.8) is 0 Å². The smallest absolute Gasteiger partial charge is 0.348 e. The summed E-state index contributed by atoms with van der Waals surface area (Å²) in [4.78, 5) is 23.5. The van der Waals surface area contributed by atoms with Crippen LogP contribution in [-0.4, -0.2) is 31.0 Å². The molecule has 0 unspecified atom stereocenters. The number of halogens is 1. The molecule has 0 bridgehead atoms. The minimum Gasteiger partial charge on any atom is -0.462 e. The van der Waals surface area contributed by atoms with Crippen LogP contribution in [0.4, 0.5) is 9.80 Å². The van der Waals surface area contributed by atoms with E-state index in [4.69, 9.17) is 16.3 Å². The van der Waals surface area contributed by atoms with E-state index in [2.05, 4.69) is 10.6 Å². The zero-order valence-electron chi connectivity index (χ0n) is 10.2. The van der Waals surface area contributed by atoms with Gasteiger partial charge in [-0.1, -0.05) is 0 Å². The van der Waals surface area contributed by atoms with Crippen LogP contribution in [0, 0.1) is 6.92 Å². The number of anilines is 1. The number of hydrogen-bond acceptors (Lipinski definition) is 4. The molecule has 0 fully saturated rings. The molecule has 18 heavy (non-hydrogen) atoms. The van der Waals surface area contributed by atoms with E-state index in [0.29, 0.717) is 28.9 Å². The monoisotopic (exact) mass is 290 g/mol. The number of ether oxygens (including phenoxy) is 1. The minimum absolute atomic E-state index is 0.329. The number of carbonyl (C=O) groups excluding carboxylic acids is 2. The summed E-state index contributed by atoms with van der Waals surface area (Å²) in [7, 11) is 0. The first kappa shape index (κ1) is 14.8. The third-order valence-electron chi connectivity index (χ3n) is 2.00. The molecule has 0 radical (unpaired) electrons. The molecule has 1 rings (SSSR count). The van der Waals surface area contributed by atoms with E-state index in [-0.39, 0.29) is 12.0 Å². The number of esters is 1. The molecule has 7 heteroatoms. The number of rotatable bonds is 5. The van der Waals surface area contributed by atoms with Crippen LogP contribution in [0.5, 0.6) is 0 Å². The first-order valence-corrected chi connectivity index (χ1v) is 6.82. The van der Waals surface area contributed by atoms with Crippen LogP contribution in [0.3, 0.4) is 0 Å². The number of thiophene rings is 1. The van der Waals surface area contributed by atoms with Gasteiger partial charge in [-0.25, -0.2) is 9.59 Å². The zero-order chi connectivity index (χ0) is 13.5. The van der Waals surface area contributed by atoms with E-state index in [0.717, 1.165) is 5.56 Å². The Morgan fingerprint density at radius 2 is 2.22 bits per heavy atom. The standard InChI is InChI=1S/C11H15ClN2O3S/c1-3-17-10(15)9-7(2)6-8(18-9)14-11(16)13-5-4-12/h6H,3-5H2,1-2H3,(H2,13,14,16). The van der Waals surface area contributed by atoms with E-state index >= 15 is 0 Å². The first-order valence-electron chi connectivity index (χ1n) is 5.46. The van der Waals surface area contributed by atoms with Crippen LogP contribution in [0.2, 0.25) is 0 Å². The molecule has 5 nitrogen and oxygen atoms in total. The Balaban J connectivity index is 2.66. The number of carbonyl (C=O) groups is 2. The van der Waals surface area contributed by atoms with Gasteiger partial charge in [-0.2, -0.15) is 0 Å². The van der Waals surface area contributed by atoms with Gasteiger partial charge in [0.2, 0.25) is 0 Å². The van der Waals surface area contributed by atoms with Crippen LogP contribution in [0.15, 0.2) is 6.07 Å². The van der Waals surface area contributed by atoms with Crippen molar-refractivity contribution in [2.24, 2.45) is 0 Å². The quantitative estimate of drug-likeness (QED) is 0.647. The summed E-state index contributed by atoms with van der Waals surface area (Å²) in [6.45, 7) is 4.27. The molecule has 0 spiro atoms. The summed E-state index contributed by atoms with van der Waals surface area (Å²) < 4.78 is 4.92. The maximum Gasteiger partial charge on any atom is 0.348 e. The summed E-state index contributed by atoms with van der Waals surface area (Å²) in [6.07, 6.45) is 0. The van der Waals surface area contributed by atoms with E-state index in [1.165, 1.54) is 11.3 Å². The Hall–Kier alpha value is -1.27. The summed E-state index contributed by atoms with van der Waals surface area (Å²) in [6, 6.07) is 1.39. The molecule has 0 saturated heterocycles. The lowest BCUT2D eigenvalue weighted by Gasteiger charge is -2.03. The Kier molecular flexibility index (Phi) is 5.94. The first-order chi connectivity index (χ1) is 8.58. The fraction of sp³-hybridized carbons (Fsp3) is 0.455. The number of amides is 2. The number of aryl methyl sites for hydroxylation is 1. The van der Waals surface area contributed by atoms with Crippen molar-refractivity contribution in [3.8, 4) is 0 Å². The van der Waals surface area contributed by atoms with Gasteiger partial charge < -0.3 is 10.1 Å². The topological polar surface area (TPSA) is 67.4 Å². The molecule has 1 heterocycles. The van der Waals surface area contributed by atoms with Gasteiger partial charge in [-0.3, -0.25) is 5.32 Å². The Labute approximate surface area is 114 Å². The second kappa shape index (κ2) is 7.23. The van der Waals surface area contributed by atoms with E-state index in [9.17, 15) is 9.59 Å². The number of urea groups is 1. The molecule has 100 valence electrons. The normalized spacial score (nSPS) is 9.94. The predicted octanol–water partition coefficient (Wildman–Crippen LogP) is 2.59. The van der Waals surface area contributed by atoms with Gasteiger partial charge in [0.25, 0.3) is 0 Å². The molecule has 0 aliphatic heterocycles. The summed E-state index contributed by atoms with van der Waals surface area (Å²) >= 11 is 6.64. The van der Waals surface area contributed by atoms with E-state index < -0.39 is 0 Å². The van der Waals surface area contributed by atoms with Crippen molar-refractivity contribution < 1.29 is 14.3 Å². The van der Waals surface area contributed by atoms with Crippen LogP contribution < -0.4 is 10.6 Å². The Morgan fingerprint density at radius 3 is 2.83 bits per heavy atom. The maximum absolute atomic E-state index is 11.6. The second-order valence-electron chi connectivity index (χ2n) is 3.41. The largest absolute Gasteiger partial charge is 0.462 e. The van der Waals surface area contributed by atoms with Crippen LogP contribution in [-0.2, 0) is 4.74 Å². The van der Waals surface area contributed by atoms with Gasteiger partial charge in [-0.05, 0) is 25.5 Å². The molecular weight excluding hydrogens is 276 g/mol. The molecule has 0 atom stereocenters. The van der Waals surface area contributed by atoms with Crippen LogP contribution in [0.1, 0.15) is 22.2 Å². The molecule has 2 N–H and O–H groups in total. The highest BCUT2D eigenvalue weighted by Gasteiger charge is 2.15. The molecule has 1 aromatic rings. The Bertz CT molecular complexity index is 434. The maximum atomic E-state index is 11.6. The van der Waals surface area contributed by atoms with Crippen LogP contribution in [0.25, 0.3) is 0 Å². The predicted molar refractivity (Wildman–Crippen MR) is 72.8 cm³/mol. The summed E-state index contributed by atoms with van der Waals surface area (Å²) in [5.74, 6) is -0.0143. The third-order valence-corrected chi connectivity index (χ3v) is 3.32. The average molecular weight is 291 g/mol.